The maximum atomic E-state index is 12.2. The van der Waals surface area contributed by atoms with Crippen LogP contribution in [0.25, 0.3) is 12.2 Å². The summed E-state index contributed by atoms with van der Waals surface area (Å²) in [6.07, 6.45) is 2.49. The van der Waals surface area contributed by atoms with Gasteiger partial charge >= 0.3 is 118 Å². The Labute approximate surface area is 419 Å². The van der Waals surface area contributed by atoms with E-state index in [4.69, 9.17) is 23.2 Å². The molecule has 1 unspecified atom stereocenters. The smallest absolute Gasteiger partial charge is 0.768 e. The summed E-state index contributed by atoms with van der Waals surface area (Å²) in [6.45, 7) is -0.0873. The third kappa shape index (κ3) is 19.4. The van der Waals surface area contributed by atoms with E-state index in [0.717, 1.165) is 18.1 Å². The van der Waals surface area contributed by atoms with Gasteiger partial charge < -0.3 is 40.2 Å². The molecule has 274 valence electrons. The van der Waals surface area contributed by atoms with E-state index in [1.807, 2.05) is 0 Å². The minimum Gasteiger partial charge on any atom is -0.768 e. The van der Waals surface area contributed by atoms with Crippen LogP contribution in [-0.2, 0) is 40.7 Å². The molecule has 0 aliphatic carbocycles. The SMILES string of the molecule is O=S([O-])c1cc(Nc2nc(Cl)nc(NCCSOO[O-])n2)ccc1C=Cc1ccc(Nc2nc(Cl)nc(NCCS(=O)(=O)[O-])n2)cc1S(=O)(=O)[O-].[Na+].[Na+].[Na+].[Na+]. The van der Waals surface area contributed by atoms with Crippen LogP contribution in [0.5, 0.6) is 0 Å². The van der Waals surface area contributed by atoms with Gasteiger partial charge in [0.15, 0.2) is 0 Å². The molecular weight excluding hydrogens is 895 g/mol. The Morgan fingerprint density at radius 3 is 1.75 bits per heavy atom. The van der Waals surface area contributed by atoms with Crippen LogP contribution >= 0.6 is 35.2 Å². The first-order chi connectivity index (χ1) is 24.1. The average Bonchev–Trinajstić information content (AvgIpc) is 3.03. The summed E-state index contributed by atoms with van der Waals surface area (Å²) in [6, 6.07) is 7.70. The molecule has 2 heterocycles. The van der Waals surface area contributed by atoms with E-state index in [9.17, 15) is 40.0 Å². The van der Waals surface area contributed by atoms with Crippen molar-refractivity contribution in [3.63, 3.8) is 0 Å². The summed E-state index contributed by atoms with van der Waals surface area (Å²) in [7, 11) is -9.61. The molecule has 0 amide bonds. The molecular formula is C24H20Cl2N10Na4O11S4. The third-order valence-electron chi connectivity index (χ3n) is 5.83. The van der Waals surface area contributed by atoms with E-state index in [1.165, 1.54) is 42.5 Å². The molecule has 0 saturated heterocycles. The van der Waals surface area contributed by atoms with Crippen LogP contribution in [0, 0.1) is 0 Å². The van der Waals surface area contributed by atoms with Gasteiger partial charge in [0.1, 0.15) is 10.1 Å². The standard InChI is InChI=1S/C24H24Cl2N10O11S4.4Na/c25-19-31-21(27-7-9-48-47-46-37)35-23(33-19)29-15-5-3-13(17(11-15)49(38)39)1-2-14-4-6-16(12-18(14)51(43,44)45)30-24-34-20(26)32-22(36-24)28-8-10-50(40,41)42;;;;/h1-6,11-12,37H,7-10H2,(H,38,39)(H,40,41,42)(H,43,44,45)(H2,27,29,31,33,35)(H2,28,30,32,34,36);;;;/q;4*+1/p-4. The van der Waals surface area contributed by atoms with Gasteiger partial charge in [0, 0.05) is 47.2 Å². The van der Waals surface area contributed by atoms with Gasteiger partial charge in [-0.1, -0.05) is 24.3 Å². The number of anilines is 6. The molecule has 0 aliphatic heterocycles. The van der Waals surface area contributed by atoms with Crippen LogP contribution in [0.4, 0.5) is 35.2 Å². The fourth-order valence-electron chi connectivity index (χ4n) is 3.81. The van der Waals surface area contributed by atoms with Gasteiger partial charge in [0.25, 0.3) is 0 Å². The summed E-state index contributed by atoms with van der Waals surface area (Å²) in [5, 5.41) is 23.3. The van der Waals surface area contributed by atoms with Crippen LogP contribution in [0.15, 0.2) is 46.2 Å². The van der Waals surface area contributed by atoms with Crippen molar-refractivity contribution in [2.45, 2.75) is 9.79 Å². The van der Waals surface area contributed by atoms with Gasteiger partial charge in [-0.05, 0) is 69.7 Å². The van der Waals surface area contributed by atoms with E-state index in [-0.39, 0.29) is 199 Å². The predicted octanol–water partition coefficient (Wildman–Crippen LogP) is -10.6. The van der Waals surface area contributed by atoms with Crippen LogP contribution in [0.2, 0.25) is 10.6 Å². The zero-order valence-corrected chi connectivity index (χ0v) is 41.8. The Morgan fingerprint density at radius 1 is 0.745 bits per heavy atom. The van der Waals surface area contributed by atoms with Crippen molar-refractivity contribution in [2.75, 3.05) is 45.9 Å². The second-order valence-corrected chi connectivity index (χ2v) is 14.6. The van der Waals surface area contributed by atoms with Crippen molar-refractivity contribution in [1.82, 2.24) is 29.9 Å². The molecule has 0 bridgehead atoms. The van der Waals surface area contributed by atoms with Crippen molar-refractivity contribution < 1.29 is 168 Å². The monoisotopic (exact) mass is 914 g/mol. The van der Waals surface area contributed by atoms with Gasteiger partial charge in [0.05, 0.1) is 20.8 Å². The van der Waals surface area contributed by atoms with Crippen molar-refractivity contribution in [2.24, 2.45) is 0 Å². The Kier molecular flexibility index (Phi) is 26.4. The van der Waals surface area contributed by atoms with Crippen molar-refractivity contribution in [3.8, 4) is 0 Å². The molecule has 2 aromatic heterocycles. The number of hydrogen-bond acceptors (Lipinski definition) is 22. The van der Waals surface area contributed by atoms with Crippen molar-refractivity contribution in [3.05, 3.63) is 58.1 Å². The van der Waals surface area contributed by atoms with E-state index in [0.29, 0.717) is 0 Å². The fraction of sp³-hybridized carbons (Fsp3) is 0.167. The van der Waals surface area contributed by atoms with Gasteiger partial charge in [-0.2, -0.15) is 34.2 Å². The molecule has 0 aliphatic rings. The quantitative estimate of drug-likeness (QED) is 0.0105. The van der Waals surface area contributed by atoms with Crippen LogP contribution in [-0.4, -0.2) is 89.2 Å². The van der Waals surface area contributed by atoms with Crippen LogP contribution in [0.3, 0.4) is 0 Å². The first-order valence-electron chi connectivity index (χ1n) is 13.5. The van der Waals surface area contributed by atoms with Gasteiger partial charge in [-0.3, -0.25) is 9.25 Å². The Hall–Kier alpha value is 0.140. The minimum atomic E-state index is -5.09. The molecule has 2 aromatic carbocycles. The Balaban J connectivity index is 0.00000729. The third-order valence-corrected chi connectivity index (χ3v) is 9.00. The topological polar surface area (TPSA) is 322 Å². The Bertz CT molecular complexity index is 2170. The average molecular weight is 916 g/mol. The molecule has 21 nitrogen and oxygen atoms in total. The molecule has 0 spiro atoms. The number of rotatable bonds is 18. The van der Waals surface area contributed by atoms with Crippen LogP contribution < -0.4 is 145 Å². The van der Waals surface area contributed by atoms with E-state index in [1.54, 1.807) is 0 Å². The van der Waals surface area contributed by atoms with Crippen molar-refractivity contribution in [1.29, 1.82) is 0 Å². The van der Waals surface area contributed by atoms with Gasteiger partial charge in [-0.25, -0.2) is 16.8 Å². The summed E-state index contributed by atoms with van der Waals surface area (Å²) >= 11 is 9.80. The zero-order chi connectivity index (χ0) is 37.2. The summed E-state index contributed by atoms with van der Waals surface area (Å²) < 4.78 is 97.5. The number of benzene rings is 2. The molecule has 1 atom stereocenters. The fourth-order valence-corrected chi connectivity index (χ4v) is 6.03. The first-order valence-corrected chi connectivity index (χ1v) is 19.2. The van der Waals surface area contributed by atoms with E-state index in [2.05, 4.69) is 60.5 Å². The predicted molar refractivity (Wildman–Crippen MR) is 179 cm³/mol. The van der Waals surface area contributed by atoms with Gasteiger partial charge in [0.2, 0.25) is 34.4 Å². The zero-order valence-electron chi connectivity index (χ0n) is 29.0. The maximum Gasteiger partial charge on any atom is 1.00 e. The number of halogens is 2. The molecule has 4 aromatic rings. The molecule has 31 heteroatoms. The molecule has 0 fully saturated rings. The first kappa shape index (κ1) is 55.1. The summed E-state index contributed by atoms with van der Waals surface area (Å²) in [5.41, 5.74) is 0.266. The second kappa shape index (κ2) is 26.4. The normalized spacial score (nSPS) is 11.6. The molecule has 0 saturated carbocycles. The van der Waals surface area contributed by atoms with Crippen LogP contribution in [0.1, 0.15) is 11.1 Å². The molecule has 0 radical (unpaired) electrons. The Morgan fingerprint density at radius 2 is 1.24 bits per heavy atom. The largest absolute Gasteiger partial charge is 1.00 e. The number of nitrogens with one attached hydrogen (secondary N) is 4. The molecule has 4 rings (SSSR count). The number of nitrogens with zero attached hydrogens (tertiary/aromatic N) is 6. The van der Waals surface area contributed by atoms with Crippen molar-refractivity contribution >= 4 is 114 Å². The van der Waals surface area contributed by atoms with Gasteiger partial charge in [-0.15, -0.1) is 0 Å². The molecule has 55 heavy (non-hydrogen) atoms. The summed E-state index contributed by atoms with van der Waals surface area (Å²) in [5.74, 6) is -0.888. The molecule has 4 N–H and O–H groups in total. The number of hydrogen-bond donors (Lipinski definition) is 4. The maximum absolute atomic E-state index is 12.2. The van der Waals surface area contributed by atoms with E-state index >= 15 is 0 Å². The van der Waals surface area contributed by atoms with E-state index < -0.39 is 42.0 Å². The minimum absolute atomic E-state index is 0. The second-order valence-electron chi connectivity index (χ2n) is 9.35. The summed E-state index contributed by atoms with van der Waals surface area (Å²) in [4.78, 5) is 22.6. The number of aromatic nitrogens is 6.